The predicted octanol–water partition coefficient (Wildman–Crippen LogP) is 16.3. The van der Waals surface area contributed by atoms with Gasteiger partial charge in [0.1, 0.15) is 11.6 Å². The normalized spacial score (nSPS) is 12.2. The zero-order valence-electron chi connectivity index (χ0n) is 40.6. The molecule has 0 spiro atoms. The molecular weight excluding hydrogens is 986 g/mol. The first-order valence-electron chi connectivity index (χ1n) is 23.1. The molecule has 9 rings (SSSR count). The van der Waals surface area contributed by atoms with Crippen molar-refractivity contribution in [1.82, 2.24) is 14.5 Å². The van der Waals surface area contributed by atoms with Crippen molar-refractivity contribution in [2.24, 2.45) is 0 Å². The van der Waals surface area contributed by atoms with Crippen molar-refractivity contribution in [2.45, 2.75) is 86.0 Å². The number of phenols is 1. The number of para-hydroxylation sites is 1. The Hall–Kier alpha value is -6.35. The number of aromatic hydroxyl groups is 1. The molecule has 0 aliphatic carbocycles. The molecule has 5 heteroatoms. The molecule has 0 atom stereocenters. The Kier molecular flexibility index (Phi) is 12.3. The smallest absolute Gasteiger partial charge is 0.148 e. The van der Waals surface area contributed by atoms with E-state index in [0.29, 0.717) is 11.4 Å². The molecule has 4 nitrogen and oxygen atoms in total. The van der Waals surface area contributed by atoms with Crippen molar-refractivity contribution in [3.63, 3.8) is 0 Å². The second-order valence-corrected chi connectivity index (χ2v) is 19.8. The van der Waals surface area contributed by atoms with Gasteiger partial charge in [-0.3, -0.25) is 9.55 Å². The Balaban J connectivity index is 0.00000608. The third-order valence-corrected chi connectivity index (χ3v) is 12.6. The number of phenolic OH excluding ortho intramolecular Hbond substituents is 1. The minimum atomic E-state index is -0.679. The zero-order chi connectivity index (χ0) is 46.7. The van der Waals surface area contributed by atoms with Gasteiger partial charge in [0.25, 0.3) is 0 Å². The van der Waals surface area contributed by atoms with Gasteiger partial charge in [0.05, 0.1) is 22.3 Å². The van der Waals surface area contributed by atoms with Gasteiger partial charge in [0, 0.05) is 39.9 Å². The summed E-state index contributed by atoms with van der Waals surface area (Å²) in [7, 11) is 0. The summed E-state index contributed by atoms with van der Waals surface area (Å²) in [6.45, 7) is 21.3. The van der Waals surface area contributed by atoms with Crippen LogP contribution >= 0.6 is 0 Å². The van der Waals surface area contributed by atoms with E-state index in [-0.39, 0.29) is 37.6 Å². The van der Waals surface area contributed by atoms with Gasteiger partial charge < -0.3 is 5.11 Å². The number of imidazole rings is 1. The first-order chi connectivity index (χ1) is 31.3. The molecule has 7 aromatic carbocycles. The first kappa shape index (κ1) is 44.8. The maximum Gasteiger partial charge on any atom is 0.148 e. The van der Waals surface area contributed by atoms with Crippen LogP contribution in [0.1, 0.15) is 90.5 Å². The summed E-state index contributed by atoms with van der Waals surface area (Å²) in [4.78, 5) is 10.5. The van der Waals surface area contributed by atoms with E-state index >= 15 is 0 Å². The number of pyridine rings is 1. The number of aromatic nitrogens is 3. The molecule has 0 amide bonds. The van der Waals surface area contributed by atoms with Crippen LogP contribution in [-0.4, -0.2) is 19.6 Å². The topological polar surface area (TPSA) is 50.9 Å². The van der Waals surface area contributed by atoms with E-state index < -0.39 is 5.89 Å². The Labute approximate surface area is 407 Å². The molecule has 2 aromatic heterocycles. The van der Waals surface area contributed by atoms with E-state index in [1.807, 2.05) is 63.4 Å². The van der Waals surface area contributed by atoms with Crippen LogP contribution in [0, 0.1) is 19.9 Å². The van der Waals surface area contributed by atoms with Crippen LogP contribution in [0.5, 0.6) is 5.75 Å². The number of fused-ring (bicyclic) bond motifs is 1. The Morgan fingerprint density at radius 3 is 1.92 bits per heavy atom. The van der Waals surface area contributed by atoms with Crippen LogP contribution < -0.4 is 0 Å². The van der Waals surface area contributed by atoms with E-state index in [1.165, 1.54) is 11.1 Å². The van der Waals surface area contributed by atoms with Crippen LogP contribution in [0.2, 0.25) is 0 Å². The molecule has 0 unspecified atom stereocenters. The molecule has 0 aliphatic heterocycles. The number of aryl methyl sites for hydroxylation is 2. The second-order valence-electron chi connectivity index (χ2n) is 19.8. The second kappa shape index (κ2) is 18.1. The van der Waals surface area contributed by atoms with E-state index in [0.717, 1.165) is 89.2 Å². The molecule has 0 saturated carbocycles. The van der Waals surface area contributed by atoms with E-state index in [1.54, 1.807) is 0 Å². The Bertz CT molecular complexity index is 3260. The minimum absolute atomic E-state index is 0. The van der Waals surface area contributed by atoms with E-state index in [4.69, 9.17) is 11.3 Å². The SMILES string of the molecule is [2H]C(C)(C)c1ccc(-c2ccnc(-c3[c-]c(-c4cccc5c4nc(-c4cc(C)cc(C)c4O)n5-c4cc(C(C)(C)C)ccc4-c4ccc(C(C)(C)C)cc4)cc(-c4ccccc4)c3)c2)cc1.[Pt]. The minimum Gasteiger partial charge on any atom is -0.507 e. The van der Waals surface area contributed by atoms with Gasteiger partial charge in [-0.1, -0.05) is 187 Å². The van der Waals surface area contributed by atoms with Gasteiger partial charge in [-0.15, -0.1) is 23.8 Å². The molecule has 0 saturated heterocycles. The van der Waals surface area contributed by atoms with Crippen molar-refractivity contribution >= 4 is 11.0 Å². The van der Waals surface area contributed by atoms with Crippen LogP contribution in [0.25, 0.3) is 83.9 Å². The molecule has 0 fully saturated rings. The van der Waals surface area contributed by atoms with Crippen molar-refractivity contribution in [1.29, 1.82) is 0 Å². The van der Waals surface area contributed by atoms with Crippen molar-refractivity contribution in [2.75, 3.05) is 0 Å². The zero-order valence-corrected chi connectivity index (χ0v) is 41.9. The van der Waals surface area contributed by atoms with Crippen LogP contribution in [-0.2, 0) is 31.9 Å². The Morgan fingerprint density at radius 2 is 1.24 bits per heavy atom. The van der Waals surface area contributed by atoms with Gasteiger partial charge in [-0.2, -0.15) is 0 Å². The number of hydrogen-bond donors (Lipinski definition) is 1. The molecule has 334 valence electrons. The molecule has 1 N–H and O–H groups in total. The fourth-order valence-electron chi connectivity index (χ4n) is 8.85. The molecule has 9 aromatic rings. The Morgan fingerprint density at radius 1 is 0.591 bits per heavy atom. The molecule has 66 heavy (non-hydrogen) atoms. The summed E-state index contributed by atoms with van der Waals surface area (Å²) >= 11 is 0. The quantitative estimate of drug-likeness (QED) is 0.154. The number of hydrogen-bond acceptors (Lipinski definition) is 3. The summed E-state index contributed by atoms with van der Waals surface area (Å²) in [5, 5.41) is 11.9. The van der Waals surface area contributed by atoms with Crippen LogP contribution in [0.3, 0.4) is 0 Å². The molecule has 0 bridgehead atoms. The molecule has 2 heterocycles. The summed E-state index contributed by atoms with van der Waals surface area (Å²) in [6, 6.07) is 57.3. The van der Waals surface area contributed by atoms with Gasteiger partial charge in [-0.25, -0.2) is 4.98 Å². The van der Waals surface area contributed by atoms with Gasteiger partial charge in [0.2, 0.25) is 0 Å². The number of rotatable bonds is 8. The fourth-order valence-corrected chi connectivity index (χ4v) is 8.85. The van der Waals surface area contributed by atoms with Gasteiger partial charge in [0.15, 0.2) is 0 Å². The maximum atomic E-state index is 11.9. The van der Waals surface area contributed by atoms with E-state index in [2.05, 4.69) is 174 Å². The monoisotopic (exact) mass is 1040 g/mol. The summed E-state index contributed by atoms with van der Waals surface area (Å²) in [5.74, 6) is 0.195. The third-order valence-electron chi connectivity index (χ3n) is 12.6. The van der Waals surface area contributed by atoms with Gasteiger partial charge in [-0.05, 0) is 105 Å². The summed E-state index contributed by atoms with van der Waals surface area (Å²) < 4.78 is 10.8. The van der Waals surface area contributed by atoms with Crippen molar-refractivity contribution in [3.8, 4) is 78.6 Å². The van der Waals surface area contributed by atoms with Crippen molar-refractivity contribution in [3.05, 3.63) is 192 Å². The average Bonchev–Trinajstić information content (AvgIpc) is 3.69. The maximum absolute atomic E-state index is 11.9. The summed E-state index contributed by atoms with van der Waals surface area (Å²) in [5.41, 5.74) is 18.4. The first-order valence-corrected chi connectivity index (χ1v) is 22.6. The van der Waals surface area contributed by atoms with Gasteiger partial charge >= 0.3 is 0 Å². The molecule has 0 radical (unpaired) electrons. The van der Waals surface area contributed by atoms with Crippen LogP contribution in [0.4, 0.5) is 0 Å². The molecule has 0 aliphatic rings. The largest absolute Gasteiger partial charge is 0.507 e. The number of benzene rings is 7. The predicted molar refractivity (Wildman–Crippen MR) is 273 cm³/mol. The van der Waals surface area contributed by atoms with E-state index in [9.17, 15) is 5.11 Å². The third kappa shape index (κ3) is 9.09. The molecular formula is C61H58N3OPt-. The standard InChI is InChI=1S/C61H58N3O.Pt/c1-38(2)41-19-21-43(22-20-41)45-29-30-62-54(36-45)48-34-46(42-15-12-11-13-16-42)33-47(35-48)52-17-14-18-55-57(52)63-59(53-32-39(3)31-40(4)58(53)65)64(55)56-37-50(61(8,9)10)27-28-51(56)44-23-25-49(26-24-44)60(5,6)7;/h11-34,36-38,65H,1-10H3;/q-1;/i38D;. The summed E-state index contributed by atoms with van der Waals surface area (Å²) in [6.07, 6.45) is 1.86. The fraction of sp³-hybridized carbons (Fsp3) is 0.213. The average molecular weight is 1050 g/mol. The van der Waals surface area contributed by atoms with Crippen LogP contribution in [0.15, 0.2) is 158 Å². The number of nitrogens with zero attached hydrogens (tertiary/aromatic N) is 3. The van der Waals surface area contributed by atoms with Crippen molar-refractivity contribution < 1.29 is 27.5 Å².